The second-order valence-corrected chi connectivity index (χ2v) is 4.06. The van der Waals surface area contributed by atoms with Crippen LogP contribution in [-0.2, 0) is 20.7 Å². The summed E-state index contributed by atoms with van der Waals surface area (Å²) >= 11 is 0. The van der Waals surface area contributed by atoms with Crippen LogP contribution in [0.4, 0.5) is 5.69 Å². The maximum atomic E-state index is 11.3. The summed E-state index contributed by atoms with van der Waals surface area (Å²) in [5, 5.41) is 0. The molecule has 5 nitrogen and oxygen atoms in total. The van der Waals surface area contributed by atoms with Crippen molar-refractivity contribution in [2.24, 2.45) is 0 Å². The Hall–Kier alpha value is -1.75. The van der Waals surface area contributed by atoms with E-state index in [9.17, 15) is 4.79 Å². The molecule has 1 rings (SSSR count). The Morgan fingerprint density at radius 2 is 2.16 bits per heavy atom. The minimum absolute atomic E-state index is 0.0883. The van der Waals surface area contributed by atoms with Crippen LogP contribution >= 0.6 is 0 Å². The number of benzene rings is 1. The average Bonchev–Trinajstić information content (AvgIpc) is 2.38. The van der Waals surface area contributed by atoms with Crippen molar-refractivity contribution in [1.82, 2.24) is 0 Å². The maximum absolute atomic E-state index is 11.3. The third-order valence-corrected chi connectivity index (χ3v) is 2.53. The van der Waals surface area contributed by atoms with Crippen LogP contribution in [0.25, 0.3) is 0 Å². The van der Waals surface area contributed by atoms with Crippen molar-refractivity contribution in [3.63, 3.8) is 0 Å². The molecule has 0 saturated carbocycles. The molecule has 19 heavy (non-hydrogen) atoms. The summed E-state index contributed by atoms with van der Waals surface area (Å²) in [5.74, 6) is 0.292. The van der Waals surface area contributed by atoms with E-state index in [1.165, 1.54) is 0 Å². The van der Waals surface area contributed by atoms with Gasteiger partial charge in [-0.2, -0.15) is 0 Å². The van der Waals surface area contributed by atoms with Crippen LogP contribution in [-0.4, -0.2) is 32.9 Å². The molecule has 0 aliphatic carbocycles. The number of carbonyl (C=O) groups is 1. The fourth-order valence-electron chi connectivity index (χ4n) is 1.68. The second-order valence-electron chi connectivity index (χ2n) is 4.06. The molecule has 0 spiro atoms. The fraction of sp³-hybridized carbons (Fsp3) is 0.500. The third-order valence-electron chi connectivity index (χ3n) is 2.53. The van der Waals surface area contributed by atoms with Gasteiger partial charge in [-0.05, 0) is 43.5 Å². The number of carbonyl (C=O) groups excluding carboxylic acids is 1. The van der Waals surface area contributed by atoms with E-state index in [1.54, 1.807) is 26.2 Å². The Balaban J connectivity index is 2.62. The Bertz CT molecular complexity index is 406. The first-order chi connectivity index (χ1) is 9.17. The highest BCUT2D eigenvalue weighted by Crippen LogP contribution is 2.23. The Labute approximate surface area is 113 Å². The van der Waals surface area contributed by atoms with Crippen molar-refractivity contribution >= 4 is 11.7 Å². The van der Waals surface area contributed by atoms with Gasteiger partial charge >= 0.3 is 5.97 Å². The van der Waals surface area contributed by atoms with Crippen molar-refractivity contribution in [3.8, 4) is 5.75 Å². The molecule has 1 aromatic carbocycles. The summed E-state index contributed by atoms with van der Waals surface area (Å²) in [6.45, 7) is 2.70. The van der Waals surface area contributed by atoms with Gasteiger partial charge in [0.25, 0.3) is 0 Å². The average molecular weight is 267 g/mol. The molecule has 0 heterocycles. The molecule has 5 heteroatoms. The third kappa shape index (κ3) is 5.61. The summed E-state index contributed by atoms with van der Waals surface area (Å²) < 4.78 is 15.3. The predicted octanol–water partition coefficient (Wildman–Crippen LogP) is 1.79. The quantitative estimate of drug-likeness (QED) is 0.442. The first-order valence-corrected chi connectivity index (χ1v) is 6.33. The zero-order valence-corrected chi connectivity index (χ0v) is 11.5. The van der Waals surface area contributed by atoms with Crippen molar-refractivity contribution in [2.75, 3.05) is 32.7 Å². The minimum atomic E-state index is -0.373. The number of aryl methyl sites for hydroxylation is 1. The highest BCUT2D eigenvalue weighted by Gasteiger charge is 2.08. The molecule has 0 unspecified atom stereocenters. The number of rotatable bonds is 8. The summed E-state index contributed by atoms with van der Waals surface area (Å²) in [4.78, 5) is 11.3. The molecule has 0 aromatic heterocycles. The zero-order valence-electron chi connectivity index (χ0n) is 11.5. The number of methoxy groups -OCH3 is 1. The van der Waals surface area contributed by atoms with Gasteiger partial charge < -0.3 is 19.9 Å². The lowest BCUT2D eigenvalue weighted by molar-refractivity contribution is -0.145. The molecule has 2 N–H and O–H groups in total. The first kappa shape index (κ1) is 15.3. The first-order valence-electron chi connectivity index (χ1n) is 6.33. The molecule has 0 amide bonds. The zero-order chi connectivity index (χ0) is 14.1. The number of esters is 1. The highest BCUT2D eigenvalue weighted by atomic mass is 16.6. The number of anilines is 1. The Kier molecular flexibility index (Phi) is 6.74. The SMILES string of the molecule is CCOC(=O)COc1ccc(N)cc1CCCOC. The molecule has 0 radical (unpaired) electrons. The van der Waals surface area contributed by atoms with E-state index in [-0.39, 0.29) is 12.6 Å². The summed E-state index contributed by atoms with van der Waals surface area (Å²) in [6, 6.07) is 5.38. The Morgan fingerprint density at radius 3 is 2.84 bits per heavy atom. The normalized spacial score (nSPS) is 10.2. The number of nitrogen functional groups attached to an aromatic ring is 1. The monoisotopic (exact) mass is 267 g/mol. The molecule has 0 atom stereocenters. The standard InChI is InChI=1S/C14H21NO4/c1-3-18-14(16)10-19-13-7-6-12(15)9-11(13)5-4-8-17-2/h6-7,9H,3-5,8,10,15H2,1-2H3. The maximum Gasteiger partial charge on any atom is 0.344 e. The van der Waals surface area contributed by atoms with Crippen LogP contribution in [0.1, 0.15) is 18.9 Å². The number of ether oxygens (including phenoxy) is 3. The van der Waals surface area contributed by atoms with E-state index >= 15 is 0 Å². The van der Waals surface area contributed by atoms with Gasteiger partial charge in [0, 0.05) is 19.4 Å². The lowest BCUT2D eigenvalue weighted by Crippen LogP contribution is -2.15. The highest BCUT2D eigenvalue weighted by molar-refractivity contribution is 5.71. The number of nitrogens with two attached hydrogens (primary N) is 1. The number of hydrogen-bond donors (Lipinski definition) is 1. The topological polar surface area (TPSA) is 70.8 Å². The van der Waals surface area contributed by atoms with Crippen molar-refractivity contribution in [3.05, 3.63) is 23.8 Å². The van der Waals surface area contributed by atoms with E-state index < -0.39 is 0 Å². The fourth-order valence-corrected chi connectivity index (χ4v) is 1.68. The van der Waals surface area contributed by atoms with Gasteiger partial charge in [-0.3, -0.25) is 0 Å². The van der Waals surface area contributed by atoms with E-state index in [0.29, 0.717) is 24.7 Å². The van der Waals surface area contributed by atoms with Gasteiger partial charge in [-0.25, -0.2) is 4.79 Å². The minimum Gasteiger partial charge on any atom is -0.482 e. The molecule has 1 aromatic rings. The molecular weight excluding hydrogens is 246 g/mol. The summed E-state index contributed by atoms with van der Waals surface area (Å²) in [5.41, 5.74) is 7.41. The van der Waals surface area contributed by atoms with E-state index in [1.807, 2.05) is 6.07 Å². The number of hydrogen-bond acceptors (Lipinski definition) is 5. The van der Waals surface area contributed by atoms with E-state index in [2.05, 4.69) is 0 Å². The summed E-state index contributed by atoms with van der Waals surface area (Å²) in [6.07, 6.45) is 1.66. The van der Waals surface area contributed by atoms with Gasteiger partial charge in [-0.1, -0.05) is 0 Å². The molecule has 106 valence electrons. The molecule has 0 bridgehead atoms. The summed E-state index contributed by atoms with van der Waals surface area (Å²) in [7, 11) is 1.66. The van der Waals surface area contributed by atoms with Crippen molar-refractivity contribution < 1.29 is 19.0 Å². The smallest absolute Gasteiger partial charge is 0.344 e. The van der Waals surface area contributed by atoms with Gasteiger partial charge in [0.05, 0.1) is 6.61 Å². The van der Waals surface area contributed by atoms with Crippen LogP contribution in [0.15, 0.2) is 18.2 Å². The molecule has 0 aliphatic rings. The van der Waals surface area contributed by atoms with Crippen LogP contribution in [0.5, 0.6) is 5.75 Å². The van der Waals surface area contributed by atoms with Crippen LogP contribution in [0.3, 0.4) is 0 Å². The van der Waals surface area contributed by atoms with Crippen molar-refractivity contribution in [1.29, 1.82) is 0 Å². The lowest BCUT2D eigenvalue weighted by atomic mass is 10.1. The van der Waals surface area contributed by atoms with Gasteiger partial charge in [0.15, 0.2) is 6.61 Å². The largest absolute Gasteiger partial charge is 0.482 e. The van der Waals surface area contributed by atoms with Gasteiger partial charge in [0.2, 0.25) is 0 Å². The Morgan fingerprint density at radius 1 is 1.37 bits per heavy atom. The molecular formula is C14H21NO4. The van der Waals surface area contributed by atoms with E-state index in [0.717, 1.165) is 18.4 Å². The second kappa shape index (κ2) is 8.37. The lowest BCUT2D eigenvalue weighted by Gasteiger charge is -2.11. The van der Waals surface area contributed by atoms with Crippen LogP contribution < -0.4 is 10.5 Å². The molecule has 0 aliphatic heterocycles. The molecule has 0 saturated heterocycles. The van der Waals surface area contributed by atoms with E-state index in [4.69, 9.17) is 19.9 Å². The molecule has 0 fully saturated rings. The van der Waals surface area contributed by atoms with Gasteiger partial charge in [0.1, 0.15) is 5.75 Å². The van der Waals surface area contributed by atoms with Gasteiger partial charge in [-0.15, -0.1) is 0 Å². The van der Waals surface area contributed by atoms with Crippen molar-refractivity contribution in [2.45, 2.75) is 19.8 Å². The predicted molar refractivity (Wildman–Crippen MR) is 73.2 cm³/mol. The van der Waals surface area contributed by atoms with Crippen LogP contribution in [0.2, 0.25) is 0 Å². The van der Waals surface area contributed by atoms with Crippen LogP contribution in [0, 0.1) is 0 Å².